The van der Waals surface area contributed by atoms with Crippen LogP contribution in [0.3, 0.4) is 0 Å². The summed E-state index contributed by atoms with van der Waals surface area (Å²) in [6.45, 7) is 4.40. The normalized spacial score (nSPS) is 25.2. The molecule has 37 heavy (non-hydrogen) atoms. The van der Waals surface area contributed by atoms with E-state index in [0.29, 0.717) is 37.5 Å². The van der Waals surface area contributed by atoms with Crippen molar-refractivity contribution in [2.75, 3.05) is 13.2 Å². The number of aliphatic imine (C=N–C) groups is 1. The van der Waals surface area contributed by atoms with Crippen molar-refractivity contribution in [2.24, 2.45) is 4.99 Å². The summed E-state index contributed by atoms with van der Waals surface area (Å²) in [7, 11) is 0. The standard InChI is InChI=1S/C28H34BrN3O5/c1-2-16-28(27(35)32-31-20-10-12-21(34)13-11-20)25(23-6-3-4-7-24(23)29)37-26(30-28)19-8-14-22(15-9-19)36-18-5-17-33/h2-4,6-9,14-15,20-21,25,31,33-34H,1,5,10-13,16-18H2,(H,32,35)/t20?,21?,25-,28-/m0/s1. The van der Waals surface area contributed by atoms with Gasteiger partial charge >= 0.3 is 0 Å². The van der Waals surface area contributed by atoms with Crippen molar-refractivity contribution in [1.29, 1.82) is 0 Å². The largest absolute Gasteiger partial charge is 0.494 e. The van der Waals surface area contributed by atoms with E-state index in [1.165, 1.54) is 0 Å². The lowest BCUT2D eigenvalue weighted by Crippen LogP contribution is -2.55. The maximum absolute atomic E-state index is 13.8. The summed E-state index contributed by atoms with van der Waals surface area (Å²) in [6.07, 6.45) is 4.51. The number of ether oxygens (including phenoxy) is 2. The fraction of sp³-hybridized carbons (Fsp3) is 0.429. The molecular formula is C28H34BrN3O5. The van der Waals surface area contributed by atoms with Gasteiger partial charge in [-0.1, -0.05) is 40.2 Å². The number of carbonyl (C=O) groups is 1. The number of hydrazine groups is 1. The maximum Gasteiger partial charge on any atom is 0.266 e. The molecule has 1 fully saturated rings. The SMILES string of the molecule is C=CC[C@]1(C(=O)NNC2CCC(O)CC2)N=C(c2ccc(OCCCO)cc2)O[C@H]1c1ccccc1Br. The average Bonchev–Trinajstić information content (AvgIpc) is 3.29. The molecular weight excluding hydrogens is 538 g/mol. The first-order chi connectivity index (χ1) is 18.0. The molecule has 1 heterocycles. The predicted octanol–water partition coefficient (Wildman–Crippen LogP) is 3.97. The van der Waals surface area contributed by atoms with E-state index in [4.69, 9.17) is 19.6 Å². The Bertz CT molecular complexity index is 1100. The second-order valence-electron chi connectivity index (χ2n) is 9.41. The third-order valence-corrected chi connectivity index (χ3v) is 7.48. The number of rotatable bonds is 11. The molecule has 4 N–H and O–H groups in total. The summed E-state index contributed by atoms with van der Waals surface area (Å²) in [6, 6.07) is 15.1. The summed E-state index contributed by atoms with van der Waals surface area (Å²) < 4.78 is 12.9. The number of nitrogens with zero attached hydrogens (tertiary/aromatic N) is 1. The van der Waals surface area contributed by atoms with Crippen LogP contribution in [-0.4, -0.2) is 52.9 Å². The number of hydrogen-bond donors (Lipinski definition) is 4. The van der Waals surface area contributed by atoms with E-state index in [0.717, 1.165) is 28.4 Å². The molecule has 0 unspecified atom stereocenters. The lowest BCUT2D eigenvalue weighted by Gasteiger charge is -2.32. The van der Waals surface area contributed by atoms with E-state index in [9.17, 15) is 9.90 Å². The molecule has 198 valence electrons. The van der Waals surface area contributed by atoms with Gasteiger partial charge in [-0.2, -0.15) is 0 Å². The van der Waals surface area contributed by atoms with Crippen LogP contribution in [-0.2, 0) is 9.53 Å². The fourth-order valence-electron chi connectivity index (χ4n) is 4.70. The Labute approximate surface area is 225 Å². The van der Waals surface area contributed by atoms with Crippen molar-refractivity contribution >= 4 is 27.7 Å². The third-order valence-electron chi connectivity index (χ3n) is 6.76. The Balaban J connectivity index is 1.62. The molecule has 0 radical (unpaired) electrons. The lowest BCUT2D eigenvalue weighted by molar-refractivity contribution is -0.130. The number of benzene rings is 2. The summed E-state index contributed by atoms with van der Waals surface area (Å²) in [5.41, 5.74) is 6.31. The van der Waals surface area contributed by atoms with E-state index in [-0.39, 0.29) is 31.1 Å². The number of amides is 1. The maximum atomic E-state index is 13.8. The van der Waals surface area contributed by atoms with Gasteiger partial charge in [0, 0.05) is 41.1 Å². The zero-order chi connectivity index (χ0) is 26.3. The molecule has 0 aromatic heterocycles. The van der Waals surface area contributed by atoms with E-state index in [1.807, 2.05) is 48.5 Å². The highest BCUT2D eigenvalue weighted by Crippen LogP contribution is 2.44. The van der Waals surface area contributed by atoms with Crippen LogP contribution in [0.15, 0.2) is 70.7 Å². The Hall–Kier alpha value is -2.72. The van der Waals surface area contributed by atoms with Crippen molar-refractivity contribution in [1.82, 2.24) is 10.9 Å². The van der Waals surface area contributed by atoms with Gasteiger partial charge in [-0.25, -0.2) is 10.4 Å². The molecule has 1 aliphatic heterocycles. The minimum atomic E-state index is -1.28. The van der Waals surface area contributed by atoms with Gasteiger partial charge in [0.15, 0.2) is 11.6 Å². The van der Waals surface area contributed by atoms with Crippen LogP contribution >= 0.6 is 15.9 Å². The van der Waals surface area contributed by atoms with E-state index < -0.39 is 11.6 Å². The van der Waals surface area contributed by atoms with Crippen LogP contribution in [0.25, 0.3) is 0 Å². The van der Waals surface area contributed by atoms with E-state index in [2.05, 4.69) is 33.4 Å². The highest BCUT2D eigenvalue weighted by Gasteiger charge is 2.53. The molecule has 0 spiro atoms. The molecule has 4 rings (SSSR count). The summed E-state index contributed by atoms with van der Waals surface area (Å²) in [5.74, 6) is 0.730. The summed E-state index contributed by atoms with van der Waals surface area (Å²) in [4.78, 5) is 18.7. The molecule has 2 aromatic rings. The zero-order valence-corrected chi connectivity index (χ0v) is 22.3. The lowest BCUT2D eigenvalue weighted by atomic mass is 9.84. The van der Waals surface area contributed by atoms with Gasteiger partial charge in [0.05, 0.1) is 12.7 Å². The second-order valence-corrected chi connectivity index (χ2v) is 10.3. The van der Waals surface area contributed by atoms with E-state index in [1.54, 1.807) is 6.08 Å². The molecule has 9 heteroatoms. The Morgan fingerprint density at radius 2 is 1.92 bits per heavy atom. The molecule has 1 aliphatic carbocycles. The van der Waals surface area contributed by atoms with Gasteiger partial charge in [-0.3, -0.25) is 10.2 Å². The summed E-state index contributed by atoms with van der Waals surface area (Å²) in [5, 5.41) is 18.8. The first-order valence-corrected chi connectivity index (χ1v) is 13.5. The first-order valence-electron chi connectivity index (χ1n) is 12.7. The van der Waals surface area contributed by atoms with Crippen molar-refractivity contribution in [2.45, 2.75) is 62.3 Å². The highest BCUT2D eigenvalue weighted by atomic mass is 79.9. The minimum absolute atomic E-state index is 0.0736. The summed E-state index contributed by atoms with van der Waals surface area (Å²) >= 11 is 3.62. The van der Waals surface area contributed by atoms with Crippen LogP contribution in [0.1, 0.15) is 55.8 Å². The third kappa shape index (κ3) is 6.41. The number of nitrogens with one attached hydrogen (secondary N) is 2. The molecule has 1 saturated carbocycles. The average molecular weight is 573 g/mol. The topological polar surface area (TPSA) is 112 Å². The number of aliphatic hydroxyl groups is 2. The van der Waals surface area contributed by atoms with Gasteiger partial charge in [0.1, 0.15) is 5.75 Å². The molecule has 1 amide bonds. The quantitative estimate of drug-likeness (QED) is 0.184. The minimum Gasteiger partial charge on any atom is -0.494 e. The molecule has 2 aromatic carbocycles. The predicted molar refractivity (Wildman–Crippen MR) is 145 cm³/mol. The van der Waals surface area contributed by atoms with Gasteiger partial charge in [0.25, 0.3) is 5.91 Å². The van der Waals surface area contributed by atoms with Gasteiger partial charge < -0.3 is 19.7 Å². The van der Waals surface area contributed by atoms with Gasteiger partial charge in [0.2, 0.25) is 5.90 Å². The molecule has 0 bridgehead atoms. The molecule has 0 saturated heterocycles. The van der Waals surface area contributed by atoms with Crippen LogP contribution in [0, 0.1) is 0 Å². The van der Waals surface area contributed by atoms with Crippen molar-refractivity contribution in [3.05, 3.63) is 76.8 Å². The van der Waals surface area contributed by atoms with E-state index >= 15 is 0 Å². The molecule has 2 aliphatic rings. The Morgan fingerprint density at radius 3 is 2.59 bits per heavy atom. The Morgan fingerprint density at radius 1 is 1.19 bits per heavy atom. The number of carbonyl (C=O) groups excluding carboxylic acids is 1. The monoisotopic (exact) mass is 571 g/mol. The number of halogens is 1. The smallest absolute Gasteiger partial charge is 0.266 e. The second kappa shape index (κ2) is 12.7. The number of hydrogen-bond acceptors (Lipinski definition) is 7. The fourth-order valence-corrected chi connectivity index (χ4v) is 5.19. The molecule has 8 nitrogen and oxygen atoms in total. The first kappa shape index (κ1) is 27.3. The van der Waals surface area contributed by atoms with Crippen LogP contribution in [0.4, 0.5) is 0 Å². The van der Waals surface area contributed by atoms with Crippen LogP contribution in [0.5, 0.6) is 5.75 Å². The molecule has 2 atom stereocenters. The van der Waals surface area contributed by atoms with Gasteiger partial charge in [-0.15, -0.1) is 6.58 Å². The van der Waals surface area contributed by atoms with Crippen molar-refractivity contribution in [3.63, 3.8) is 0 Å². The van der Waals surface area contributed by atoms with Gasteiger partial charge in [-0.05, 0) is 56.0 Å². The van der Waals surface area contributed by atoms with Crippen LogP contribution < -0.4 is 15.6 Å². The Kier molecular flexibility index (Phi) is 9.37. The van der Waals surface area contributed by atoms with Crippen LogP contribution in [0.2, 0.25) is 0 Å². The zero-order valence-electron chi connectivity index (χ0n) is 20.7. The van der Waals surface area contributed by atoms with Crippen molar-refractivity contribution < 1.29 is 24.5 Å². The van der Waals surface area contributed by atoms with Crippen molar-refractivity contribution in [3.8, 4) is 5.75 Å². The number of aliphatic hydroxyl groups excluding tert-OH is 2. The highest BCUT2D eigenvalue weighted by molar-refractivity contribution is 9.10.